The molecular formula is C12H12FNO3S2. The highest BCUT2D eigenvalue weighted by molar-refractivity contribution is 7.91. The Hall–Kier alpha value is -1.44. The van der Waals surface area contributed by atoms with E-state index in [4.69, 9.17) is 4.74 Å². The molecule has 0 aliphatic carbocycles. The van der Waals surface area contributed by atoms with E-state index in [1.807, 2.05) is 0 Å². The van der Waals surface area contributed by atoms with E-state index >= 15 is 0 Å². The summed E-state index contributed by atoms with van der Waals surface area (Å²) in [6.07, 6.45) is 0. The van der Waals surface area contributed by atoms with Crippen molar-refractivity contribution >= 4 is 21.4 Å². The third-order valence-corrected chi connectivity index (χ3v) is 5.25. The van der Waals surface area contributed by atoms with Gasteiger partial charge in [0, 0.05) is 12.1 Å². The standard InChI is InChI=1S/C12H12FNO3S2/c1-17-11-5-4-10(13)7-9(11)8-14-19(15,16)12-3-2-6-18-12/h2-7,14H,8H2,1H3. The topological polar surface area (TPSA) is 55.4 Å². The number of nitrogens with one attached hydrogen (secondary N) is 1. The SMILES string of the molecule is COc1ccc(F)cc1CNS(=O)(=O)c1cccs1. The minimum atomic E-state index is -3.56. The third-order valence-electron chi connectivity index (χ3n) is 2.46. The van der Waals surface area contributed by atoms with Crippen molar-refractivity contribution in [3.05, 3.63) is 47.1 Å². The first-order valence-electron chi connectivity index (χ1n) is 5.38. The van der Waals surface area contributed by atoms with Crippen LogP contribution in [0.2, 0.25) is 0 Å². The van der Waals surface area contributed by atoms with Crippen LogP contribution < -0.4 is 9.46 Å². The monoisotopic (exact) mass is 301 g/mol. The zero-order valence-corrected chi connectivity index (χ0v) is 11.7. The van der Waals surface area contributed by atoms with Crippen LogP contribution in [0.1, 0.15) is 5.56 Å². The number of sulfonamides is 1. The molecule has 0 radical (unpaired) electrons. The summed E-state index contributed by atoms with van der Waals surface area (Å²) in [4.78, 5) is 0. The summed E-state index contributed by atoms with van der Waals surface area (Å²) < 4.78 is 44.7. The molecule has 0 saturated carbocycles. The lowest BCUT2D eigenvalue weighted by atomic mass is 10.2. The van der Waals surface area contributed by atoms with Crippen molar-refractivity contribution < 1.29 is 17.5 Å². The Morgan fingerprint density at radius 3 is 2.79 bits per heavy atom. The van der Waals surface area contributed by atoms with Gasteiger partial charge in [0.05, 0.1) is 7.11 Å². The third kappa shape index (κ3) is 3.31. The van der Waals surface area contributed by atoms with Gasteiger partial charge in [0.25, 0.3) is 0 Å². The molecule has 0 atom stereocenters. The number of ether oxygens (including phenoxy) is 1. The van der Waals surface area contributed by atoms with E-state index in [9.17, 15) is 12.8 Å². The molecule has 0 spiro atoms. The molecule has 0 bridgehead atoms. The number of rotatable bonds is 5. The molecule has 1 aromatic carbocycles. The highest BCUT2D eigenvalue weighted by atomic mass is 32.2. The first-order valence-corrected chi connectivity index (χ1v) is 7.75. The van der Waals surface area contributed by atoms with Crippen molar-refractivity contribution in [1.29, 1.82) is 0 Å². The fraction of sp³-hybridized carbons (Fsp3) is 0.167. The van der Waals surface area contributed by atoms with Gasteiger partial charge < -0.3 is 4.74 Å². The van der Waals surface area contributed by atoms with E-state index in [1.54, 1.807) is 11.4 Å². The van der Waals surface area contributed by atoms with E-state index in [-0.39, 0.29) is 10.8 Å². The molecule has 0 fully saturated rings. The van der Waals surface area contributed by atoms with Gasteiger partial charge in [0.1, 0.15) is 15.8 Å². The molecule has 2 aromatic rings. The van der Waals surface area contributed by atoms with Crippen molar-refractivity contribution in [2.75, 3.05) is 7.11 Å². The summed E-state index contributed by atoms with van der Waals surface area (Å²) in [7, 11) is -2.11. The van der Waals surface area contributed by atoms with Crippen molar-refractivity contribution in [3.63, 3.8) is 0 Å². The number of thiophene rings is 1. The van der Waals surface area contributed by atoms with Gasteiger partial charge in [-0.25, -0.2) is 17.5 Å². The van der Waals surface area contributed by atoms with Gasteiger partial charge in [-0.15, -0.1) is 11.3 Å². The summed E-state index contributed by atoms with van der Waals surface area (Å²) in [5.41, 5.74) is 0.447. The lowest BCUT2D eigenvalue weighted by Gasteiger charge is -2.09. The normalized spacial score (nSPS) is 11.5. The predicted octanol–water partition coefficient (Wildman–Crippen LogP) is 2.37. The lowest BCUT2D eigenvalue weighted by Crippen LogP contribution is -2.22. The molecule has 1 aromatic heterocycles. The molecule has 1 heterocycles. The Bertz CT molecular complexity index is 654. The highest BCUT2D eigenvalue weighted by Gasteiger charge is 2.15. The second kappa shape index (κ2) is 5.68. The van der Waals surface area contributed by atoms with Crippen LogP contribution in [0.25, 0.3) is 0 Å². The smallest absolute Gasteiger partial charge is 0.250 e. The van der Waals surface area contributed by atoms with E-state index in [2.05, 4.69) is 4.72 Å². The van der Waals surface area contributed by atoms with Crippen LogP contribution >= 0.6 is 11.3 Å². The lowest BCUT2D eigenvalue weighted by molar-refractivity contribution is 0.407. The van der Waals surface area contributed by atoms with Gasteiger partial charge >= 0.3 is 0 Å². The fourth-order valence-electron chi connectivity index (χ4n) is 1.55. The first kappa shape index (κ1) is 14.0. The molecule has 2 rings (SSSR count). The van der Waals surface area contributed by atoms with Crippen LogP contribution in [0.4, 0.5) is 4.39 Å². The van der Waals surface area contributed by atoms with Crippen LogP contribution in [0, 0.1) is 5.82 Å². The molecule has 0 amide bonds. The molecular weight excluding hydrogens is 289 g/mol. The summed E-state index contributed by atoms with van der Waals surface area (Å²) in [5.74, 6) is 0.00130. The first-order chi connectivity index (χ1) is 9.03. The van der Waals surface area contributed by atoms with Gasteiger partial charge in [-0.1, -0.05) is 6.07 Å². The second-order valence-electron chi connectivity index (χ2n) is 3.71. The van der Waals surface area contributed by atoms with E-state index in [0.717, 1.165) is 11.3 Å². The minimum absolute atomic E-state index is 0.0266. The van der Waals surface area contributed by atoms with Gasteiger partial charge in [0.15, 0.2) is 0 Å². The summed E-state index contributed by atoms with van der Waals surface area (Å²) in [6, 6.07) is 7.13. The Labute approximate surface area is 114 Å². The summed E-state index contributed by atoms with van der Waals surface area (Å²) >= 11 is 1.12. The Balaban J connectivity index is 2.17. The summed E-state index contributed by atoms with van der Waals surface area (Å²) in [6.45, 7) is -0.0266. The molecule has 4 nitrogen and oxygen atoms in total. The Kier molecular flexibility index (Phi) is 4.18. The quantitative estimate of drug-likeness (QED) is 0.922. The van der Waals surface area contributed by atoms with Crippen molar-refractivity contribution in [2.24, 2.45) is 0 Å². The second-order valence-corrected chi connectivity index (χ2v) is 6.65. The highest BCUT2D eigenvalue weighted by Crippen LogP contribution is 2.21. The van der Waals surface area contributed by atoms with Gasteiger partial charge in [-0.3, -0.25) is 0 Å². The Morgan fingerprint density at radius 2 is 2.16 bits per heavy atom. The minimum Gasteiger partial charge on any atom is -0.496 e. The van der Waals surface area contributed by atoms with Gasteiger partial charge in [-0.2, -0.15) is 0 Å². The average molecular weight is 301 g/mol. The van der Waals surface area contributed by atoms with Crippen LogP contribution in [0.3, 0.4) is 0 Å². The number of methoxy groups -OCH3 is 1. The largest absolute Gasteiger partial charge is 0.496 e. The van der Waals surface area contributed by atoms with E-state index < -0.39 is 15.8 Å². The maximum atomic E-state index is 13.1. The Morgan fingerprint density at radius 1 is 1.37 bits per heavy atom. The van der Waals surface area contributed by atoms with E-state index in [1.165, 1.54) is 31.4 Å². The van der Waals surface area contributed by atoms with Gasteiger partial charge in [0.2, 0.25) is 10.0 Å². The maximum Gasteiger partial charge on any atom is 0.250 e. The van der Waals surface area contributed by atoms with Crippen molar-refractivity contribution in [2.45, 2.75) is 10.8 Å². The van der Waals surface area contributed by atoms with Crippen LogP contribution in [-0.2, 0) is 16.6 Å². The summed E-state index contributed by atoms with van der Waals surface area (Å²) in [5, 5.41) is 1.68. The van der Waals surface area contributed by atoms with Crippen LogP contribution in [0.15, 0.2) is 39.9 Å². The van der Waals surface area contributed by atoms with Gasteiger partial charge in [-0.05, 0) is 29.6 Å². The van der Waals surface area contributed by atoms with Crippen molar-refractivity contribution in [1.82, 2.24) is 4.72 Å². The number of hydrogen-bond acceptors (Lipinski definition) is 4. The molecule has 19 heavy (non-hydrogen) atoms. The molecule has 0 aliphatic heterocycles. The van der Waals surface area contributed by atoms with E-state index in [0.29, 0.717) is 11.3 Å². The molecule has 0 unspecified atom stereocenters. The zero-order valence-electron chi connectivity index (χ0n) is 10.1. The number of benzene rings is 1. The molecule has 0 saturated heterocycles. The molecule has 7 heteroatoms. The number of hydrogen-bond donors (Lipinski definition) is 1. The molecule has 102 valence electrons. The molecule has 1 N–H and O–H groups in total. The van der Waals surface area contributed by atoms with Crippen LogP contribution in [-0.4, -0.2) is 15.5 Å². The zero-order chi connectivity index (χ0) is 13.9. The molecule has 0 aliphatic rings. The predicted molar refractivity (Wildman–Crippen MR) is 71.3 cm³/mol. The maximum absolute atomic E-state index is 13.1. The van der Waals surface area contributed by atoms with Crippen LogP contribution in [0.5, 0.6) is 5.75 Å². The number of halogens is 1. The average Bonchev–Trinajstić information content (AvgIpc) is 2.91. The van der Waals surface area contributed by atoms with Crippen molar-refractivity contribution in [3.8, 4) is 5.75 Å². The fourth-order valence-corrected chi connectivity index (χ4v) is 3.59.